The minimum atomic E-state index is -0.236. The highest BCUT2D eigenvalue weighted by Crippen LogP contribution is 2.15. The molecular weight excluding hydrogens is 311 g/mol. The molecular formula is C14H20BrFN2O. The number of nitrogens with one attached hydrogen (secondary N) is 2. The van der Waals surface area contributed by atoms with Gasteiger partial charge in [0.15, 0.2) is 0 Å². The topological polar surface area (TPSA) is 41.1 Å². The maximum atomic E-state index is 13.5. The van der Waals surface area contributed by atoms with Gasteiger partial charge in [-0.2, -0.15) is 0 Å². The van der Waals surface area contributed by atoms with Gasteiger partial charge < -0.3 is 10.6 Å². The lowest BCUT2D eigenvalue weighted by molar-refractivity contribution is -0.124. The van der Waals surface area contributed by atoms with Crippen LogP contribution >= 0.6 is 15.9 Å². The number of benzene rings is 1. The molecule has 1 aromatic rings. The van der Waals surface area contributed by atoms with Gasteiger partial charge in [-0.3, -0.25) is 4.79 Å². The number of amides is 1. The van der Waals surface area contributed by atoms with Crippen LogP contribution in [0.3, 0.4) is 0 Å². The normalized spacial score (nSPS) is 12.2. The van der Waals surface area contributed by atoms with Crippen molar-refractivity contribution in [3.8, 4) is 0 Å². The van der Waals surface area contributed by atoms with Gasteiger partial charge >= 0.3 is 0 Å². The molecule has 3 nitrogen and oxygen atoms in total. The third-order valence-corrected chi connectivity index (χ3v) is 3.51. The summed E-state index contributed by atoms with van der Waals surface area (Å²) in [6, 6.07) is 4.83. The summed E-state index contributed by atoms with van der Waals surface area (Å²) in [5.41, 5.74) is 0.608. The quantitative estimate of drug-likeness (QED) is 0.806. The van der Waals surface area contributed by atoms with E-state index >= 15 is 0 Å². The molecule has 1 atom stereocenters. The van der Waals surface area contributed by atoms with Crippen LogP contribution in [0.15, 0.2) is 22.7 Å². The highest BCUT2D eigenvalue weighted by Gasteiger charge is 2.14. The van der Waals surface area contributed by atoms with Crippen LogP contribution in [0.1, 0.15) is 18.9 Å². The zero-order valence-corrected chi connectivity index (χ0v) is 12.9. The SMILES string of the molecule is CCC(CNC)C(=O)NCCc1cc(Br)ccc1F. The minimum absolute atomic E-state index is 0.0206. The Morgan fingerprint density at radius 2 is 2.21 bits per heavy atom. The predicted octanol–water partition coefficient (Wildman–Crippen LogP) is 2.49. The van der Waals surface area contributed by atoms with Crippen LogP contribution in [0, 0.1) is 11.7 Å². The van der Waals surface area contributed by atoms with Crippen LogP contribution in [0.2, 0.25) is 0 Å². The second-order valence-electron chi connectivity index (χ2n) is 4.44. The molecule has 0 radical (unpaired) electrons. The Kier molecular flexibility index (Phi) is 7.02. The summed E-state index contributed by atoms with van der Waals surface area (Å²) in [6.45, 7) is 3.09. The van der Waals surface area contributed by atoms with Crippen LogP contribution in [0.25, 0.3) is 0 Å². The summed E-state index contributed by atoms with van der Waals surface area (Å²) in [4.78, 5) is 11.9. The Balaban J connectivity index is 2.45. The minimum Gasteiger partial charge on any atom is -0.355 e. The second-order valence-corrected chi connectivity index (χ2v) is 5.36. The van der Waals surface area contributed by atoms with Crippen LogP contribution in [0.4, 0.5) is 4.39 Å². The van der Waals surface area contributed by atoms with Gasteiger partial charge in [0.1, 0.15) is 5.82 Å². The van der Waals surface area contributed by atoms with Crippen LogP contribution in [-0.4, -0.2) is 26.0 Å². The van der Waals surface area contributed by atoms with E-state index < -0.39 is 0 Å². The van der Waals surface area contributed by atoms with Gasteiger partial charge in [0.25, 0.3) is 0 Å². The van der Waals surface area contributed by atoms with Crippen molar-refractivity contribution in [2.24, 2.45) is 5.92 Å². The third-order valence-electron chi connectivity index (χ3n) is 3.02. The van der Waals surface area contributed by atoms with Gasteiger partial charge in [0.2, 0.25) is 5.91 Å². The molecule has 1 unspecified atom stereocenters. The van der Waals surface area contributed by atoms with E-state index in [1.165, 1.54) is 6.07 Å². The number of hydrogen-bond acceptors (Lipinski definition) is 2. The summed E-state index contributed by atoms with van der Waals surface area (Å²) < 4.78 is 14.3. The van der Waals surface area contributed by atoms with E-state index in [4.69, 9.17) is 0 Å². The van der Waals surface area contributed by atoms with E-state index in [1.807, 2.05) is 14.0 Å². The molecule has 0 aliphatic heterocycles. The lowest BCUT2D eigenvalue weighted by Crippen LogP contribution is -2.36. The summed E-state index contributed by atoms with van der Waals surface area (Å²) >= 11 is 3.31. The van der Waals surface area contributed by atoms with Crippen molar-refractivity contribution in [2.45, 2.75) is 19.8 Å². The summed E-state index contributed by atoms with van der Waals surface area (Å²) in [7, 11) is 1.83. The molecule has 0 aliphatic carbocycles. The van der Waals surface area contributed by atoms with Crippen LogP contribution < -0.4 is 10.6 Å². The van der Waals surface area contributed by atoms with E-state index in [-0.39, 0.29) is 17.6 Å². The number of rotatable bonds is 7. The first-order chi connectivity index (χ1) is 9.08. The average molecular weight is 331 g/mol. The molecule has 0 aromatic heterocycles. The van der Waals surface area contributed by atoms with Crippen LogP contribution in [-0.2, 0) is 11.2 Å². The number of carbonyl (C=O) groups is 1. The first-order valence-electron chi connectivity index (χ1n) is 6.44. The maximum Gasteiger partial charge on any atom is 0.224 e. The lowest BCUT2D eigenvalue weighted by atomic mass is 10.1. The molecule has 0 spiro atoms. The van der Waals surface area contributed by atoms with Gasteiger partial charge in [0, 0.05) is 17.6 Å². The van der Waals surface area contributed by atoms with Gasteiger partial charge in [-0.1, -0.05) is 22.9 Å². The fourth-order valence-electron chi connectivity index (χ4n) is 1.87. The first kappa shape index (κ1) is 16.1. The number of halogens is 2. The zero-order valence-electron chi connectivity index (χ0n) is 11.3. The molecule has 1 aromatic carbocycles. The van der Waals surface area contributed by atoms with Crippen LogP contribution in [0.5, 0.6) is 0 Å². The van der Waals surface area contributed by atoms with Crippen molar-refractivity contribution >= 4 is 21.8 Å². The molecule has 0 heterocycles. The molecule has 2 N–H and O–H groups in total. The Morgan fingerprint density at radius 1 is 1.47 bits per heavy atom. The fourth-order valence-corrected chi connectivity index (χ4v) is 2.28. The van der Waals surface area contributed by atoms with Crippen molar-refractivity contribution in [1.29, 1.82) is 0 Å². The smallest absolute Gasteiger partial charge is 0.224 e. The molecule has 5 heteroatoms. The third kappa shape index (κ3) is 5.28. The van der Waals surface area contributed by atoms with E-state index in [0.29, 0.717) is 25.1 Å². The van der Waals surface area contributed by atoms with Gasteiger partial charge in [-0.05, 0) is 43.7 Å². The van der Waals surface area contributed by atoms with Gasteiger partial charge in [-0.25, -0.2) is 4.39 Å². The zero-order chi connectivity index (χ0) is 14.3. The first-order valence-corrected chi connectivity index (χ1v) is 7.24. The van der Waals surface area contributed by atoms with E-state index in [9.17, 15) is 9.18 Å². The Bertz CT molecular complexity index is 426. The molecule has 106 valence electrons. The molecule has 0 fully saturated rings. The standard InChI is InChI=1S/C14H20BrFN2O/c1-3-10(9-17-2)14(19)18-7-6-11-8-12(15)4-5-13(11)16/h4-5,8,10,17H,3,6-7,9H2,1-2H3,(H,18,19). The van der Waals surface area contributed by atoms with Crippen molar-refractivity contribution in [2.75, 3.05) is 20.1 Å². The van der Waals surface area contributed by atoms with Crippen molar-refractivity contribution in [1.82, 2.24) is 10.6 Å². The lowest BCUT2D eigenvalue weighted by Gasteiger charge is -2.14. The highest BCUT2D eigenvalue weighted by molar-refractivity contribution is 9.10. The van der Waals surface area contributed by atoms with E-state index in [2.05, 4.69) is 26.6 Å². The molecule has 0 aliphatic rings. The molecule has 0 saturated heterocycles. The molecule has 0 saturated carbocycles. The Hall–Kier alpha value is -0.940. The molecule has 0 bridgehead atoms. The average Bonchev–Trinajstić information content (AvgIpc) is 2.39. The predicted molar refractivity (Wildman–Crippen MR) is 78.5 cm³/mol. The number of carbonyl (C=O) groups excluding carboxylic acids is 1. The van der Waals surface area contributed by atoms with Crippen molar-refractivity contribution in [3.63, 3.8) is 0 Å². The highest BCUT2D eigenvalue weighted by atomic mass is 79.9. The monoisotopic (exact) mass is 330 g/mol. The summed E-state index contributed by atoms with van der Waals surface area (Å²) in [6.07, 6.45) is 1.28. The van der Waals surface area contributed by atoms with E-state index in [0.717, 1.165) is 10.9 Å². The summed E-state index contributed by atoms with van der Waals surface area (Å²) in [5, 5.41) is 5.85. The van der Waals surface area contributed by atoms with Crippen molar-refractivity contribution in [3.05, 3.63) is 34.1 Å². The fraction of sp³-hybridized carbons (Fsp3) is 0.500. The molecule has 1 amide bonds. The molecule has 1 rings (SSSR count). The van der Waals surface area contributed by atoms with Gasteiger partial charge in [-0.15, -0.1) is 0 Å². The number of hydrogen-bond donors (Lipinski definition) is 2. The largest absolute Gasteiger partial charge is 0.355 e. The Morgan fingerprint density at radius 3 is 2.84 bits per heavy atom. The van der Waals surface area contributed by atoms with E-state index in [1.54, 1.807) is 12.1 Å². The Labute approximate surface area is 122 Å². The summed E-state index contributed by atoms with van der Waals surface area (Å²) in [5.74, 6) is -0.246. The maximum absolute atomic E-state index is 13.5. The van der Waals surface area contributed by atoms with Gasteiger partial charge in [0.05, 0.1) is 5.92 Å². The van der Waals surface area contributed by atoms with Crippen molar-refractivity contribution < 1.29 is 9.18 Å². The molecule has 19 heavy (non-hydrogen) atoms. The second kappa shape index (κ2) is 8.27.